The van der Waals surface area contributed by atoms with Gasteiger partial charge >= 0.3 is 0 Å². The summed E-state index contributed by atoms with van der Waals surface area (Å²) >= 11 is 12.0. The first kappa shape index (κ1) is 18.6. The molecule has 2 atom stereocenters. The minimum atomic E-state index is 0. The van der Waals surface area contributed by atoms with Crippen molar-refractivity contribution in [3.8, 4) is 5.75 Å². The average molecular weight is 444 g/mol. The average Bonchev–Trinajstić information content (AvgIpc) is 3.13. The number of aliphatic imine (C=N–C) groups is 1. The summed E-state index contributed by atoms with van der Waals surface area (Å²) in [6, 6.07) is 5.89. The molecule has 118 valence electrons. The summed E-state index contributed by atoms with van der Waals surface area (Å²) in [5.74, 6) is 2.13. The summed E-state index contributed by atoms with van der Waals surface area (Å²) in [4.78, 5) is 4.17. The zero-order valence-corrected chi connectivity index (χ0v) is 15.9. The Hall–Kier alpha value is -0.400. The van der Waals surface area contributed by atoms with Gasteiger partial charge in [0.15, 0.2) is 5.96 Å². The zero-order chi connectivity index (χ0) is 14.5. The SMILES string of the molecule is CN=C(NCCOc1cccc(Cl)c1Cl)NC1CC1C.I. The molecule has 21 heavy (non-hydrogen) atoms. The Morgan fingerprint density at radius 2 is 2.14 bits per heavy atom. The molecule has 0 bridgehead atoms. The number of nitrogens with zero attached hydrogens (tertiary/aromatic N) is 1. The van der Waals surface area contributed by atoms with E-state index in [4.69, 9.17) is 27.9 Å². The van der Waals surface area contributed by atoms with Gasteiger partial charge in [0.05, 0.1) is 11.6 Å². The molecule has 4 nitrogen and oxygen atoms in total. The monoisotopic (exact) mass is 443 g/mol. The van der Waals surface area contributed by atoms with Crippen molar-refractivity contribution in [2.24, 2.45) is 10.9 Å². The summed E-state index contributed by atoms with van der Waals surface area (Å²) in [6.45, 7) is 3.35. The van der Waals surface area contributed by atoms with Crippen molar-refractivity contribution in [3.63, 3.8) is 0 Å². The van der Waals surface area contributed by atoms with Gasteiger partial charge in [-0.15, -0.1) is 24.0 Å². The van der Waals surface area contributed by atoms with Crippen molar-refractivity contribution >= 4 is 53.1 Å². The van der Waals surface area contributed by atoms with Gasteiger partial charge < -0.3 is 15.4 Å². The maximum Gasteiger partial charge on any atom is 0.191 e. The Morgan fingerprint density at radius 3 is 2.76 bits per heavy atom. The zero-order valence-electron chi connectivity index (χ0n) is 12.0. The predicted octanol–water partition coefficient (Wildman–Crippen LogP) is 3.56. The summed E-state index contributed by atoms with van der Waals surface area (Å²) < 4.78 is 5.59. The number of nitrogens with one attached hydrogen (secondary N) is 2. The lowest BCUT2D eigenvalue weighted by Gasteiger charge is -2.13. The maximum absolute atomic E-state index is 6.04. The van der Waals surface area contributed by atoms with Crippen molar-refractivity contribution in [1.29, 1.82) is 0 Å². The van der Waals surface area contributed by atoms with Gasteiger partial charge in [-0.3, -0.25) is 4.99 Å². The van der Waals surface area contributed by atoms with E-state index in [1.807, 2.05) is 6.07 Å². The third kappa shape index (κ3) is 5.71. The van der Waals surface area contributed by atoms with Crippen LogP contribution in [0.1, 0.15) is 13.3 Å². The fourth-order valence-corrected chi connectivity index (χ4v) is 2.17. The van der Waals surface area contributed by atoms with E-state index in [1.165, 1.54) is 6.42 Å². The molecule has 1 aromatic carbocycles. The summed E-state index contributed by atoms with van der Waals surface area (Å²) in [5.41, 5.74) is 0. The Morgan fingerprint density at radius 1 is 1.43 bits per heavy atom. The molecular weight excluding hydrogens is 424 g/mol. The molecule has 0 heterocycles. The van der Waals surface area contributed by atoms with E-state index in [0.717, 1.165) is 11.9 Å². The molecule has 0 radical (unpaired) electrons. The van der Waals surface area contributed by atoms with Crippen LogP contribution in [0.2, 0.25) is 10.0 Å². The highest BCUT2D eigenvalue weighted by Crippen LogP contribution is 2.31. The summed E-state index contributed by atoms with van der Waals surface area (Å²) in [6.07, 6.45) is 1.20. The van der Waals surface area contributed by atoms with Crippen molar-refractivity contribution in [2.45, 2.75) is 19.4 Å². The van der Waals surface area contributed by atoms with Gasteiger partial charge in [-0.2, -0.15) is 0 Å². The van der Waals surface area contributed by atoms with E-state index >= 15 is 0 Å². The highest BCUT2D eigenvalue weighted by molar-refractivity contribution is 14.0. The van der Waals surface area contributed by atoms with Crippen LogP contribution in [0.5, 0.6) is 5.75 Å². The second kappa shape index (κ2) is 8.90. The minimum Gasteiger partial charge on any atom is -0.490 e. The highest BCUT2D eigenvalue weighted by atomic mass is 127. The van der Waals surface area contributed by atoms with Gasteiger partial charge in [-0.05, 0) is 24.5 Å². The molecule has 2 unspecified atom stereocenters. The minimum absolute atomic E-state index is 0. The van der Waals surface area contributed by atoms with Crippen LogP contribution in [0.15, 0.2) is 23.2 Å². The Bertz CT molecular complexity index is 499. The third-order valence-corrected chi connectivity index (χ3v) is 4.02. The van der Waals surface area contributed by atoms with Crippen molar-refractivity contribution < 1.29 is 4.74 Å². The second-order valence-electron chi connectivity index (χ2n) is 4.86. The van der Waals surface area contributed by atoms with Crippen LogP contribution in [0.3, 0.4) is 0 Å². The topological polar surface area (TPSA) is 45.7 Å². The molecule has 0 aromatic heterocycles. The first-order chi connectivity index (χ1) is 9.61. The number of hydrogen-bond donors (Lipinski definition) is 2. The van der Waals surface area contributed by atoms with E-state index in [9.17, 15) is 0 Å². The first-order valence-corrected chi connectivity index (χ1v) is 7.41. The van der Waals surface area contributed by atoms with E-state index in [2.05, 4.69) is 22.5 Å². The molecule has 7 heteroatoms. The van der Waals surface area contributed by atoms with Gasteiger partial charge in [-0.25, -0.2) is 0 Å². The van der Waals surface area contributed by atoms with Crippen LogP contribution in [-0.4, -0.2) is 32.2 Å². The Kier molecular flexibility index (Phi) is 7.90. The molecule has 1 aliphatic rings. The number of hydrogen-bond acceptors (Lipinski definition) is 2. The Balaban J connectivity index is 0.00000220. The van der Waals surface area contributed by atoms with Crippen LogP contribution in [-0.2, 0) is 0 Å². The smallest absolute Gasteiger partial charge is 0.191 e. The van der Waals surface area contributed by atoms with Gasteiger partial charge in [0.25, 0.3) is 0 Å². The molecule has 1 fully saturated rings. The molecule has 1 aromatic rings. The largest absolute Gasteiger partial charge is 0.490 e. The van der Waals surface area contributed by atoms with Gasteiger partial charge in [0.1, 0.15) is 17.4 Å². The molecule has 0 aliphatic heterocycles. The molecule has 1 saturated carbocycles. The van der Waals surface area contributed by atoms with Crippen LogP contribution < -0.4 is 15.4 Å². The maximum atomic E-state index is 6.04. The number of benzene rings is 1. The lowest BCUT2D eigenvalue weighted by Crippen LogP contribution is -2.40. The van der Waals surface area contributed by atoms with Gasteiger partial charge in [0.2, 0.25) is 0 Å². The van der Waals surface area contributed by atoms with Crippen molar-refractivity contribution in [2.75, 3.05) is 20.2 Å². The van der Waals surface area contributed by atoms with Crippen LogP contribution in [0, 0.1) is 5.92 Å². The highest BCUT2D eigenvalue weighted by Gasteiger charge is 2.33. The fraction of sp³-hybridized carbons (Fsp3) is 0.500. The predicted molar refractivity (Wildman–Crippen MR) is 99.4 cm³/mol. The molecule has 2 N–H and O–H groups in total. The summed E-state index contributed by atoms with van der Waals surface area (Å²) in [5, 5.41) is 7.49. The summed E-state index contributed by atoms with van der Waals surface area (Å²) in [7, 11) is 1.76. The van der Waals surface area contributed by atoms with Crippen LogP contribution >= 0.6 is 47.2 Å². The molecule has 0 amide bonds. The lowest BCUT2D eigenvalue weighted by atomic mass is 10.3. The van der Waals surface area contributed by atoms with Gasteiger partial charge in [0, 0.05) is 13.1 Å². The number of rotatable bonds is 5. The third-order valence-electron chi connectivity index (χ3n) is 3.22. The van der Waals surface area contributed by atoms with E-state index in [0.29, 0.717) is 35.0 Å². The number of halogens is 3. The second-order valence-corrected chi connectivity index (χ2v) is 5.65. The molecule has 1 aliphatic carbocycles. The van der Waals surface area contributed by atoms with E-state index in [-0.39, 0.29) is 24.0 Å². The van der Waals surface area contributed by atoms with Crippen molar-refractivity contribution in [3.05, 3.63) is 28.2 Å². The van der Waals surface area contributed by atoms with Gasteiger partial charge in [-0.1, -0.05) is 36.2 Å². The fourth-order valence-electron chi connectivity index (χ4n) is 1.82. The molecular formula is C14H20Cl2IN3O. The molecule has 2 rings (SSSR count). The lowest BCUT2D eigenvalue weighted by molar-refractivity contribution is 0.322. The van der Waals surface area contributed by atoms with Crippen LogP contribution in [0.4, 0.5) is 0 Å². The van der Waals surface area contributed by atoms with Crippen molar-refractivity contribution in [1.82, 2.24) is 10.6 Å². The standard InChI is InChI=1S/C14H19Cl2N3O.HI/c1-9-8-11(9)19-14(17-2)18-6-7-20-12-5-3-4-10(15)13(12)16;/h3-5,9,11H,6-8H2,1-2H3,(H2,17,18,19);1H. The first-order valence-electron chi connectivity index (χ1n) is 6.66. The number of ether oxygens (including phenoxy) is 1. The quantitative estimate of drug-likeness (QED) is 0.316. The molecule has 0 spiro atoms. The molecule has 0 saturated heterocycles. The number of guanidine groups is 1. The normalized spacial score (nSPS) is 20.5. The van der Waals surface area contributed by atoms with E-state index < -0.39 is 0 Å². The van der Waals surface area contributed by atoms with E-state index in [1.54, 1.807) is 19.2 Å². The Labute approximate surface area is 152 Å². The van der Waals surface area contributed by atoms with Crippen LogP contribution in [0.25, 0.3) is 0 Å².